The van der Waals surface area contributed by atoms with Crippen molar-refractivity contribution >= 4 is 11.8 Å². The number of hydrogen-bond acceptors (Lipinski definition) is 3. The van der Waals surface area contributed by atoms with Crippen LogP contribution < -0.4 is 0 Å². The van der Waals surface area contributed by atoms with Crippen LogP contribution in [0.15, 0.2) is 0 Å². The summed E-state index contributed by atoms with van der Waals surface area (Å²) in [5.74, 6) is 0.929. The molecule has 0 spiro atoms. The Bertz CT molecular complexity index is 362. The molecule has 0 bridgehead atoms. The second kappa shape index (κ2) is 6.57. The smallest absolute Gasteiger partial charge is 0.236 e. The number of hydrogen-bond donors (Lipinski definition) is 0. The van der Waals surface area contributed by atoms with Gasteiger partial charge in [-0.05, 0) is 18.8 Å². The summed E-state index contributed by atoms with van der Waals surface area (Å²) in [4.78, 5) is 29.9. The van der Waals surface area contributed by atoms with Crippen LogP contribution in [0.5, 0.6) is 0 Å². The molecule has 0 saturated carbocycles. The van der Waals surface area contributed by atoms with Gasteiger partial charge in [0.1, 0.15) is 0 Å². The van der Waals surface area contributed by atoms with E-state index in [9.17, 15) is 9.59 Å². The molecule has 0 aromatic carbocycles. The molecule has 0 aromatic rings. The van der Waals surface area contributed by atoms with Crippen LogP contribution in [-0.2, 0) is 9.59 Å². The predicted octanol–water partition coefficient (Wildman–Crippen LogP) is 0.798. The number of likely N-dealkylation sites (tertiary alicyclic amines) is 1. The highest BCUT2D eigenvalue weighted by Gasteiger charge is 2.30. The van der Waals surface area contributed by atoms with E-state index in [-0.39, 0.29) is 11.8 Å². The van der Waals surface area contributed by atoms with E-state index < -0.39 is 0 Å². The van der Waals surface area contributed by atoms with Crippen molar-refractivity contribution in [1.82, 2.24) is 14.7 Å². The molecule has 0 atom stereocenters. The Labute approximate surface area is 121 Å². The Hall–Kier alpha value is -1.10. The van der Waals surface area contributed by atoms with E-state index in [2.05, 4.69) is 18.7 Å². The first kappa shape index (κ1) is 15.3. The lowest BCUT2D eigenvalue weighted by Crippen LogP contribution is -2.55. The Kier molecular flexibility index (Phi) is 5.02. The van der Waals surface area contributed by atoms with Gasteiger partial charge in [0.2, 0.25) is 11.8 Å². The molecule has 0 N–H and O–H groups in total. The number of amides is 2. The van der Waals surface area contributed by atoms with Crippen LogP contribution in [-0.4, -0.2) is 72.3 Å². The molecule has 2 aliphatic heterocycles. The number of carbonyl (C=O) groups excluding carboxylic acids is 2. The average molecular weight is 281 g/mol. The van der Waals surface area contributed by atoms with Gasteiger partial charge in [-0.1, -0.05) is 13.8 Å². The summed E-state index contributed by atoms with van der Waals surface area (Å²) in [6.07, 6.45) is 2.65. The molecule has 2 rings (SSSR count). The molecule has 2 fully saturated rings. The molecule has 0 radical (unpaired) electrons. The summed E-state index contributed by atoms with van der Waals surface area (Å²) < 4.78 is 0. The number of likely N-dealkylation sites (N-methyl/N-ethyl adjacent to an activating group) is 1. The van der Waals surface area contributed by atoms with Crippen LogP contribution in [0.25, 0.3) is 0 Å². The molecule has 0 aliphatic carbocycles. The molecule has 2 heterocycles. The molecular formula is C15H27N3O2. The van der Waals surface area contributed by atoms with E-state index in [1.165, 1.54) is 0 Å². The zero-order valence-corrected chi connectivity index (χ0v) is 13.0. The van der Waals surface area contributed by atoms with Crippen molar-refractivity contribution in [3.8, 4) is 0 Å². The van der Waals surface area contributed by atoms with Gasteiger partial charge in [-0.25, -0.2) is 0 Å². The highest BCUT2D eigenvalue weighted by molar-refractivity contribution is 5.78. The largest absolute Gasteiger partial charge is 0.343 e. The summed E-state index contributed by atoms with van der Waals surface area (Å²) in [5, 5.41) is 0. The quantitative estimate of drug-likeness (QED) is 0.768. The Morgan fingerprint density at radius 1 is 1.20 bits per heavy atom. The molecule has 0 aromatic heterocycles. The minimum atomic E-state index is 0.217. The van der Waals surface area contributed by atoms with Crippen LogP contribution >= 0.6 is 0 Å². The van der Waals surface area contributed by atoms with E-state index in [0.717, 1.165) is 39.0 Å². The van der Waals surface area contributed by atoms with Crippen molar-refractivity contribution in [3.05, 3.63) is 0 Å². The molecule has 0 unspecified atom stereocenters. The first-order valence-electron chi connectivity index (χ1n) is 7.73. The Balaban J connectivity index is 1.79. The molecule has 2 amide bonds. The third-order valence-electron chi connectivity index (χ3n) is 4.40. The third kappa shape index (κ3) is 3.72. The van der Waals surface area contributed by atoms with Gasteiger partial charge in [0, 0.05) is 45.7 Å². The SMILES string of the molecule is CC(C)CC(=O)N1CCC(N2CCN(C)C(=O)C2)CC1. The lowest BCUT2D eigenvalue weighted by atomic mass is 10.0. The van der Waals surface area contributed by atoms with Crippen molar-refractivity contribution in [2.75, 3.05) is 39.8 Å². The summed E-state index contributed by atoms with van der Waals surface area (Å²) in [7, 11) is 1.87. The minimum absolute atomic E-state index is 0.217. The molecule has 5 nitrogen and oxygen atoms in total. The highest BCUT2D eigenvalue weighted by atomic mass is 16.2. The van der Waals surface area contributed by atoms with Gasteiger partial charge in [0.15, 0.2) is 0 Å². The molecule has 20 heavy (non-hydrogen) atoms. The van der Waals surface area contributed by atoms with Crippen LogP contribution in [0, 0.1) is 5.92 Å². The van der Waals surface area contributed by atoms with E-state index in [1.807, 2.05) is 11.9 Å². The van der Waals surface area contributed by atoms with Crippen molar-refractivity contribution in [3.63, 3.8) is 0 Å². The average Bonchev–Trinajstić information content (AvgIpc) is 2.41. The van der Waals surface area contributed by atoms with Gasteiger partial charge >= 0.3 is 0 Å². The minimum Gasteiger partial charge on any atom is -0.343 e. The number of piperazine rings is 1. The fraction of sp³-hybridized carbons (Fsp3) is 0.867. The van der Waals surface area contributed by atoms with Crippen LogP contribution in [0.4, 0.5) is 0 Å². The lowest BCUT2D eigenvalue weighted by molar-refractivity contribution is -0.138. The van der Waals surface area contributed by atoms with E-state index >= 15 is 0 Å². The van der Waals surface area contributed by atoms with E-state index in [4.69, 9.17) is 0 Å². The predicted molar refractivity (Wildman–Crippen MR) is 78.3 cm³/mol. The van der Waals surface area contributed by atoms with Crippen molar-refractivity contribution in [2.24, 2.45) is 5.92 Å². The maximum absolute atomic E-state index is 12.0. The van der Waals surface area contributed by atoms with Crippen molar-refractivity contribution in [1.29, 1.82) is 0 Å². The fourth-order valence-electron chi connectivity index (χ4n) is 3.05. The standard InChI is InChI=1S/C15H27N3O2/c1-12(2)10-14(19)17-6-4-13(5-7-17)18-9-8-16(3)15(20)11-18/h12-13H,4-11H2,1-3H3. The second-order valence-corrected chi connectivity index (χ2v) is 6.50. The van der Waals surface area contributed by atoms with Crippen LogP contribution in [0.2, 0.25) is 0 Å². The summed E-state index contributed by atoms with van der Waals surface area (Å²) in [6.45, 7) is 8.19. The molecule has 2 saturated heterocycles. The highest BCUT2D eigenvalue weighted by Crippen LogP contribution is 2.19. The Morgan fingerprint density at radius 3 is 2.40 bits per heavy atom. The fourth-order valence-corrected chi connectivity index (χ4v) is 3.05. The molecular weight excluding hydrogens is 254 g/mol. The van der Waals surface area contributed by atoms with Gasteiger partial charge in [-0.3, -0.25) is 14.5 Å². The maximum atomic E-state index is 12.0. The van der Waals surface area contributed by atoms with Crippen LogP contribution in [0.1, 0.15) is 33.1 Å². The third-order valence-corrected chi connectivity index (χ3v) is 4.40. The number of carbonyl (C=O) groups is 2. The zero-order valence-electron chi connectivity index (χ0n) is 13.0. The molecule has 5 heteroatoms. The topological polar surface area (TPSA) is 43.9 Å². The van der Waals surface area contributed by atoms with Gasteiger partial charge in [0.25, 0.3) is 0 Å². The number of nitrogens with zero attached hydrogens (tertiary/aromatic N) is 3. The summed E-state index contributed by atoms with van der Waals surface area (Å²) in [6, 6.07) is 0.468. The monoisotopic (exact) mass is 281 g/mol. The first-order chi connectivity index (χ1) is 9.47. The molecule has 114 valence electrons. The van der Waals surface area contributed by atoms with Crippen LogP contribution in [0.3, 0.4) is 0 Å². The van der Waals surface area contributed by atoms with E-state index in [0.29, 0.717) is 24.9 Å². The second-order valence-electron chi connectivity index (χ2n) is 6.50. The van der Waals surface area contributed by atoms with Gasteiger partial charge in [-0.15, -0.1) is 0 Å². The van der Waals surface area contributed by atoms with Crippen molar-refractivity contribution in [2.45, 2.75) is 39.2 Å². The lowest BCUT2D eigenvalue weighted by Gasteiger charge is -2.41. The van der Waals surface area contributed by atoms with Crippen molar-refractivity contribution < 1.29 is 9.59 Å². The zero-order chi connectivity index (χ0) is 14.7. The summed E-state index contributed by atoms with van der Waals surface area (Å²) >= 11 is 0. The van der Waals surface area contributed by atoms with Gasteiger partial charge < -0.3 is 9.80 Å². The van der Waals surface area contributed by atoms with Gasteiger partial charge in [-0.2, -0.15) is 0 Å². The number of rotatable bonds is 3. The van der Waals surface area contributed by atoms with Gasteiger partial charge in [0.05, 0.1) is 6.54 Å². The molecule has 2 aliphatic rings. The number of piperidine rings is 1. The van der Waals surface area contributed by atoms with E-state index in [1.54, 1.807) is 4.90 Å². The summed E-state index contributed by atoms with van der Waals surface area (Å²) in [5.41, 5.74) is 0. The Morgan fingerprint density at radius 2 is 1.85 bits per heavy atom. The maximum Gasteiger partial charge on any atom is 0.236 e. The normalized spacial score (nSPS) is 22.7. The first-order valence-corrected chi connectivity index (χ1v) is 7.73.